The number of likely N-dealkylation sites (N-methyl/N-ethyl adjacent to an activating group) is 1. The highest BCUT2D eigenvalue weighted by Crippen LogP contribution is 2.14. The van der Waals surface area contributed by atoms with Gasteiger partial charge < -0.3 is 28.6 Å². The number of carboxylic acids is 1. The number of ether oxygens (including phenoxy) is 3. The van der Waals surface area contributed by atoms with E-state index in [1.807, 2.05) is 0 Å². The van der Waals surface area contributed by atoms with Gasteiger partial charge in [0.05, 0.1) is 40.3 Å². The number of hydrogen-bond acceptors (Lipinski definition) is 7. The van der Waals surface area contributed by atoms with Crippen LogP contribution < -0.4 is 5.11 Å². The summed E-state index contributed by atoms with van der Waals surface area (Å²) in [6.07, 6.45) is 57.8. The first-order valence-corrected chi connectivity index (χ1v) is 25.5. The predicted molar refractivity (Wildman–Crippen MR) is 263 cm³/mol. The van der Waals surface area contributed by atoms with Crippen molar-refractivity contribution in [3.8, 4) is 0 Å². The van der Waals surface area contributed by atoms with E-state index in [-0.39, 0.29) is 42.7 Å². The maximum Gasteiger partial charge on any atom is 0.306 e. The third kappa shape index (κ3) is 43.8. The number of allylic oxidation sites excluding steroid dienone is 12. The molecule has 0 amide bonds. The number of aliphatic carboxylic acids is 1. The second-order valence-corrected chi connectivity index (χ2v) is 18.0. The molecule has 0 aliphatic rings. The molecule has 0 aliphatic heterocycles. The maximum atomic E-state index is 12.8. The summed E-state index contributed by atoms with van der Waals surface area (Å²) >= 11 is 0. The molecule has 0 fully saturated rings. The summed E-state index contributed by atoms with van der Waals surface area (Å²) in [5.74, 6) is -1.75. The van der Waals surface area contributed by atoms with Crippen LogP contribution >= 0.6 is 0 Å². The molecule has 362 valence electrons. The van der Waals surface area contributed by atoms with E-state index in [9.17, 15) is 19.5 Å². The minimum absolute atomic E-state index is 0.0330. The number of quaternary nitrogens is 1. The van der Waals surface area contributed by atoms with Gasteiger partial charge in [0.15, 0.2) is 6.10 Å². The van der Waals surface area contributed by atoms with Crippen molar-refractivity contribution in [1.29, 1.82) is 0 Å². The lowest BCUT2D eigenvalue weighted by atomic mass is 10.1. The van der Waals surface area contributed by atoms with Gasteiger partial charge in [0.2, 0.25) is 0 Å². The molecule has 0 N–H and O–H groups in total. The minimum atomic E-state index is -1.13. The van der Waals surface area contributed by atoms with E-state index in [1.165, 1.54) is 89.9 Å². The van der Waals surface area contributed by atoms with Crippen LogP contribution in [0.5, 0.6) is 0 Å². The Morgan fingerprint density at radius 1 is 0.492 bits per heavy atom. The van der Waals surface area contributed by atoms with Crippen LogP contribution in [0.1, 0.15) is 206 Å². The van der Waals surface area contributed by atoms with Gasteiger partial charge >= 0.3 is 11.9 Å². The Bertz CT molecular complexity index is 1260. The van der Waals surface area contributed by atoms with Crippen molar-refractivity contribution in [2.24, 2.45) is 0 Å². The van der Waals surface area contributed by atoms with Crippen LogP contribution in [0.3, 0.4) is 0 Å². The maximum absolute atomic E-state index is 12.8. The summed E-state index contributed by atoms with van der Waals surface area (Å²) in [7, 11) is 5.41. The molecular formula is C55H95NO7. The normalized spacial score (nSPS) is 13.5. The summed E-state index contributed by atoms with van der Waals surface area (Å²) in [5.41, 5.74) is 0. The Hall–Kier alpha value is -3.23. The van der Waals surface area contributed by atoms with Crippen molar-refractivity contribution in [2.75, 3.05) is 41.0 Å². The third-order valence-electron chi connectivity index (χ3n) is 11.1. The van der Waals surface area contributed by atoms with Gasteiger partial charge in [0, 0.05) is 19.3 Å². The average molecular weight is 882 g/mol. The fourth-order valence-electron chi connectivity index (χ4n) is 7.15. The largest absolute Gasteiger partial charge is 0.544 e. The molecule has 0 rings (SSSR count). The fourth-order valence-corrected chi connectivity index (χ4v) is 7.15. The number of unbranched alkanes of at least 4 members (excludes halogenated alkanes) is 19. The first-order chi connectivity index (χ1) is 30.6. The van der Waals surface area contributed by atoms with Crippen molar-refractivity contribution < 1.29 is 38.2 Å². The van der Waals surface area contributed by atoms with Gasteiger partial charge in [0.25, 0.3) is 0 Å². The quantitative estimate of drug-likeness (QED) is 0.0260. The lowest BCUT2D eigenvalue weighted by Crippen LogP contribution is -2.55. The van der Waals surface area contributed by atoms with Crippen LogP contribution in [0, 0.1) is 0 Å². The molecular weight excluding hydrogens is 787 g/mol. The Kier molecular flexibility index (Phi) is 43.0. The standard InChI is InChI=1S/C55H95NO7/c1-6-8-10-12-14-16-18-20-22-24-25-26-27-28-30-31-33-35-37-39-41-43-45-53(57)62-50-51(49-61-48-47-52(55(59)60)56(3,4)5)63-54(58)46-44-42-40-38-36-34-32-29-23-21-19-17-15-13-11-9-7-2/h8,10,14-17,20-23,25-26,51-52H,6-7,9,11-13,18-19,24,27-50H2,1-5H3/b10-8+,16-14+,17-15+,22-20+,23-21+,26-25+. The number of carbonyl (C=O) groups excluding carboxylic acids is 3. The van der Waals surface area contributed by atoms with Gasteiger partial charge in [-0.25, -0.2) is 0 Å². The molecule has 0 aromatic carbocycles. The molecule has 0 radical (unpaired) electrons. The van der Waals surface area contributed by atoms with Gasteiger partial charge in [-0.3, -0.25) is 9.59 Å². The zero-order valence-corrected chi connectivity index (χ0v) is 41.2. The smallest absolute Gasteiger partial charge is 0.306 e. The number of carbonyl (C=O) groups is 3. The first-order valence-electron chi connectivity index (χ1n) is 25.5. The van der Waals surface area contributed by atoms with Crippen LogP contribution in [0.2, 0.25) is 0 Å². The van der Waals surface area contributed by atoms with E-state index in [2.05, 4.69) is 86.8 Å². The Morgan fingerprint density at radius 2 is 0.889 bits per heavy atom. The number of carboxylic acid groups (broad SMARTS) is 1. The molecule has 0 aromatic rings. The highest BCUT2D eigenvalue weighted by Gasteiger charge is 2.25. The molecule has 0 saturated carbocycles. The average Bonchev–Trinajstić information content (AvgIpc) is 3.24. The molecule has 8 heteroatoms. The molecule has 0 spiro atoms. The van der Waals surface area contributed by atoms with Crippen LogP contribution in [0.4, 0.5) is 0 Å². The molecule has 2 atom stereocenters. The van der Waals surface area contributed by atoms with Crippen molar-refractivity contribution in [3.63, 3.8) is 0 Å². The number of esters is 2. The summed E-state index contributed by atoms with van der Waals surface area (Å²) in [6, 6.07) is -0.731. The highest BCUT2D eigenvalue weighted by atomic mass is 16.6. The number of nitrogens with zero attached hydrogens (tertiary/aromatic N) is 1. The van der Waals surface area contributed by atoms with E-state index < -0.39 is 18.1 Å². The lowest BCUT2D eigenvalue weighted by Gasteiger charge is -2.34. The second kappa shape index (κ2) is 45.3. The molecule has 0 saturated heterocycles. The van der Waals surface area contributed by atoms with E-state index in [0.717, 1.165) is 83.5 Å². The van der Waals surface area contributed by atoms with Crippen LogP contribution in [-0.2, 0) is 28.6 Å². The van der Waals surface area contributed by atoms with Gasteiger partial charge in [-0.05, 0) is 83.5 Å². The molecule has 2 unspecified atom stereocenters. The van der Waals surface area contributed by atoms with Crippen LogP contribution in [0.15, 0.2) is 72.9 Å². The van der Waals surface area contributed by atoms with Crippen molar-refractivity contribution in [2.45, 2.75) is 219 Å². The Balaban J connectivity index is 4.27. The second-order valence-electron chi connectivity index (χ2n) is 18.0. The molecule has 8 nitrogen and oxygen atoms in total. The van der Waals surface area contributed by atoms with Crippen molar-refractivity contribution in [1.82, 2.24) is 0 Å². The zero-order valence-electron chi connectivity index (χ0n) is 41.2. The fraction of sp³-hybridized carbons (Fsp3) is 0.727. The zero-order chi connectivity index (χ0) is 46.3. The SMILES string of the molecule is CC/C=C/C/C=C/C/C=C/C/C=C/CCCCCCCCCCCC(=O)OCC(COCCC(C(=O)[O-])[N+](C)(C)C)OC(=O)CCCCCCCCC/C=C/C/C=C/CCCCC. The van der Waals surface area contributed by atoms with E-state index in [1.54, 1.807) is 21.1 Å². The highest BCUT2D eigenvalue weighted by molar-refractivity contribution is 5.70. The Labute approximate surface area is 387 Å². The topological polar surface area (TPSA) is 102 Å². The summed E-state index contributed by atoms with van der Waals surface area (Å²) < 4.78 is 17.2. The molecule has 0 aromatic heterocycles. The molecule has 0 aliphatic carbocycles. The van der Waals surface area contributed by atoms with E-state index >= 15 is 0 Å². The summed E-state index contributed by atoms with van der Waals surface area (Å²) in [6.45, 7) is 4.52. The van der Waals surface area contributed by atoms with E-state index in [0.29, 0.717) is 12.8 Å². The minimum Gasteiger partial charge on any atom is -0.544 e. The summed E-state index contributed by atoms with van der Waals surface area (Å²) in [4.78, 5) is 37.0. The van der Waals surface area contributed by atoms with E-state index in [4.69, 9.17) is 14.2 Å². The monoisotopic (exact) mass is 882 g/mol. The van der Waals surface area contributed by atoms with Crippen LogP contribution in [-0.4, -0.2) is 75.5 Å². The van der Waals surface area contributed by atoms with Gasteiger partial charge in [-0.2, -0.15) is 0 Å². The predicted octanol–water partition coefficient (Wildman–Crippen LogP) is 13.4. The lowest BCUT2D eigenvalue weighted by molar-refractivity contribution is -0.889. The first kappa shape index (κ1) is 59.8. The van der Waals surface area contributed by atoms with Crippen molar-refractivity contribution in [3.05, 3.63) is 72.9 Å². The Morgan fingerprint density at radius 3 is 1.32 bits per heavy atom. The van der Waals surface area contributed by atoms with Gasteiger partial charge in [-0.15, -0.1) is 0 Å². The summed E-state index contributed by atoms with van der Waals surface area (Å²) in [5, 5.41) is 11.7. The number of hydrogen-bond donors (Lipinski definition) is 0. The molecule has 0 bridgehead atoms. The van der Waals surface area contributed by atoms with Crippen LogP contribution in [0.25, 0.3) is 0 Å². The van der Waals surface area contributed by atoms with Gasteiger partial charge in [-0.1, -0.05) is 177 Å². The third-order valence-corrected chi connectivity index (χ3v) is 11.1. The van der Waals surface area contributed by atoms with Crippen molar-refractivity contribution >= 4 is 17.9 Å². The number of rotatable bonds is 45. The molecule has 0 heterocycles. The molecule has 63 heavy (non-hydrogen) atoms. The van der Waals surface area contributed by atoms with Gasteiger partial charge in [0.1, 0.15) is 12.6 Å².